The third kappa shape index (κ3) is 2.00. The van der Waals surface area contributed by atoms with Crippen molar-refractivity contribution in [1.29, 1.82) is 0 Å². The van der Waals surface area contributed by atoms with Gasteiger partial charge in [-0.3, -0.25) is 14.2 Å². The SMILES string of the molecule is Cc1ccc(C(N)=O)c(=O)n1-c1ccnc(F)c1. The molecule has 0 fully saturated rings. The number of aromatic nitrogens is 2. The van der Waals surface area contributed by atoms with E-state index in [1.807, 2.05) is 0 Å². The highest BCUT2D eigenvalue weighted by Gasteiger charge is 2.12. The van der Waals surface area contributed by atoms with Gasteiger partial charge in [0, 0.05) is 18.0 Å². The van der Waals surface area contributed by atoms with Crippen LogP contribution in [0, 0.1) is 12.9 Å². The molecule has 2 heterocycles. The number of nitrogens with zero attached hydrogens (tertiary/aromatic N) is 2. The van der Waals surface area contributed by atoms with Gasteiger partial charge in [0.1, 0.15) is 5.56 Å². The predicted octanol–water partition coefficient (Wildman–Crippen LogP) is 0.779. The Morgan fingerprint density at radius 3 is 2.72 bits per heavy atom. The van der Waals surface area contributed by atoms with Crippen LogP contribution < -0.4 is 11.3 Å². The highest BCUT2D eigenvalue weighted by Crippen LogP contribution is 2.09. The fourth-order valence-electron chi connectivity index (χ4n) is 1.67. The fraction of sp³-hybridized carbons (Fsp3) is 0.0833. The van der Waals surface area contributed by atoms with E-state index in [0.717, 1.165) is 6.07 Å². The van der Waals surface area contributed by atoms with Crippen molar-refractivity contribution in [3.63, 3.8) is 0 Å². The second-order valence-electron chi connectivity index (χ2n) is 3.73. The Balaban J connectivity index is 2.75. The van der Waals surface area contributed by atoms with Gasteiger partial charge < -0.3 is 5.73 Å². The van der Waals surface area contributed by atoms with E-state index in [2.05, 4.69) is 4.98 Å². The lowest BCUT2D eigenvalue weighted by Gasteiger charge is -2.10. The summed E-state index contributed by atoms with van der Waals surface area (Å²) in [5.41, 5.74) is 5.25. The van der Waals surface area contributed by atoms with Gasteiger partial charge in [-0.05, 0) is 25.1 Å². The van der Waals surface area contributed by atoms with Crippen LogP contribution in [-0.4, -0.2) is 15.5 Å². The molecule has 6 heteroatoms. The molecule has 0 aliphatic heterocycles. The summed E-state index contributed by atoms with van der Waals surface area (Å²) < 4.78 is 14.3. The van der Waals surface area contributed by atoms with Crippen LogP contribution in [0.5, 0.6) is 0 Å². The second-order valence-corrected chi connectivity index (χ2v) is 3.73. The van der Waals surface area contributed by atoms with Crippen molar-refractivity contribution in [2.24, 2.45) is 5.73 Å². The van der Waals surface area contributed by atoms with E-state index >= 15 is 0 Å². The van der Waals surface area contributed by atoms with Crippen molar-refractivity contribution in [1.82, 2.24) is 9.55 Å². The number of rotatable bonds is 2. The highest BCUT2D eigenvalue weighted by atomic mass is 19.1. The molecule has 18 heavy (non-hydrogen) atoms. The Morgan fingerprint density at radius 2 is 2.11 bits per heavy atom. The first-order chi connectivity index (χ1) is 8.50. The number of carbonyl (C=O) groups excluding carboxylic acids is 1. The Bertz CT molecular complexity index is 679. The molecule has 0 aliphatic rings. The van der Waals surface area contributed by atoms with Gasteiger partial charge in [-0.2, -0.15) is 4.39 Å². The average molecular weight is 247 g/mol. The molecule has 1 amide bonds. The molecule has 0 spiro atoms. The van der Waals surface area contributed by atoms with Gasteiger partial charge in [-0.15, -0.1) is 0 Å². The number of hydrogen-bond acceptors (Lipinski definition) is 3. The van der Waals surface area contributed by atoms with Gasteiger partial charge in [0.15, 0.2) is 0 Å². The third-order valence-electron chi connectivity index (χ3n) is 2.51. The van der Waals surface area contributed by atoms with E-state index in [-0.39, 0.29) is 5.56 Å². The first-order valence-corrected chi connectivity index (χ1v) is 5.15. The minimum atomic E-state index is -0.816. The van der Waals surface area contributed by atoms with Crippen LogP contribution >= 0.6 is 0 Å². The molecule has 2 aromatic rings. The molecular formula is C12H10FN3O2. The van der Waals surface area contributed by atoms with Gasteiger partial charge >= 0.3 is 0 Å². The zero-order chi connectivity index (χ0) is 13.3. The minimum absolute atomic E-state index is 0.141. The Labute approximate surface area is 102 Å². The predicted molar refractivity (Wildman–Crippen MR) is 63.0 cm³/mol. The van der Waals surface area contributed by atoms with Crippen LogP contribution in [0.25, 0.3) is 5.69 Å². The quantitative estimate of drug-likeness (QED) is 0.796. The Hall–Kier alpha value is -2.50. The van der Waals surface area contributed by atoms with Crippen molar-refractivity contribution < 1.29 is 9.18 Å². The summed E-state index contributed by atoms with van der Waals surface area (Å²) in [4.78, 5) is 26.6. The maximum absolute atomic E-state index is 13.1. The lowest BCUT2D eigenvalue weighted by atomic mass is 10.2. The standard InChI is InChI=1S/C12H10FN3O2/c1-7-2-3-9(11(14)17)12(18)16(7)8-4-5-15-10(13)6-8/h2-6H,1H3,(H2,14,17). The van der Waals surface area contributed by atoms with Gasteiger partial charge in [-0.1, -0.05) is 0 Å². The van der Waals surface area contributed by atoms with Gasteiger partial charge in [0.25, 0.3) is 11.5 Å². The van der Waals surface area contributed by atoms with Crippen molar-refractivity contribution >= 4 is 5.91 Å². The normalized spacial score (nSPS) is 10.3. The van der Waals surface area contributed by atoms with Gasteiger partial charge in [0.05, 0.1) is 5.69 Å². The van der Waals surface area contributed by atoms with Gasteiger partial charge in [0.2, 0.25) is 5.95 Å². The van der Waals surface area contributed by atoms with E-state index < -0.39 is 17.4 Å². The number of nitrogens with two attached hydrogens (primary N) is 1. The molecule has 0 radical (unpaired) electrons. The molecule has 92 valence electrons. The number of primary amides is 1. The van der Waals surface area contributed by atoms with Crippen LogP contribution in [0.1, 0.15) is 16.1 Å². The van der Waals surface area contributed by atoms with E-state index in [0.29, 0.717) is 11.4 Å². The van der Waals surface area contributed by atoms with Crippen LogP contribution in [0.15, 0.2) is 35.3 Å². The molecule has 0 bridgehead atoms. The molecule has 2 N–H and O–H groups in total. The second kappa shape index (κ2) is 4.40. The first-order valence-electron chi connectivity index (χ1n) is 5.15. The minimum Gasteiger partial charge on any atom is -0.365 e. The van der Waals surface area contributed by atoms with Crippen molar-refractivity contribution in [3.8, 4) is 5.69 Å². The smallest absolute Gasteiger partial charge is 0.268 e. The summed E-state index contributed by atoms with van der Waals surface area (Å²) in [6.07, 6.45) is 1.24. The Kier molecular flexibility index (Phi) is 2.93. The molecule has 2 aromatic heterocycles. The van der Waals surface area contributed by atoms with Crippen LogP contribution in [0.4, 0.5) is 4.39 Å². The van der Waals surface area contributed by atoms with Crippen molar-refractivity contribution in [2.75, 3.05) is 0 Å². The number of pyridine rings is 2. The van der Waals surface area contributed by atoms with Crippen molar-refractivity contribution in [2.45, 2.75) is 6.92 Å². The fourth-order valence-corrected chi connectivity index (χ4v) is 1.67. The summed E-state index contributed by atoms with van der Waals surface area (Å²) >= 11 is 0. The summed E-state index contributed by atoms with van der Waals surface area (Å²) in [5, 5.41) is 0. The van der Waals surface area contributed by atoms with E-state index in [4.69, 9.17) is 5.73 Å². The molecule has 0 atom stereocenters. The molecule has 0 aliphatic carbocycles. The summed E-state index contributed by atoms with van der Waals surface area (Å²) in [7, 11) is 0. The largest absolute Gasteiger partial charge is 0.365 e. The van der Waals surface area contributed by atoms with Gasteiger partial charge in [-0.25, -0.2) is 4.98 Å². The lowest BCUT2D eigenvalue weighted by molar-refractivity contribution is 0.0998. The van der Waals surface area contributed by atoms with Crippen LogP contribution in [0.2, 0.25) is 0 Å². The molecule has 0 saturated heterocycles. The maximum atomic E-state index is 13.1. The number of aryl methyl sites for hydroxylation is 1. The van der Waals surface area contributed by atoms with E-state index in [1.165, 1.54) is 22.9 Å². The Morgan fingerprint density at radius 1 is 1.39 bits per heavy atom. The molecule has 2 rings (SSSR count). The van der Waals surface area contributed by atoms with E-state index in [9.17, 15) is 14.0 Å². The highest BCUT2D eigenvalue weighted by molar-refractivity contribution is 5.92. The molecule has 0 aromatic carbocycles. The van der Waals surface area contributed by atoms with E-state index in [1.54, 1.807) is 13.0 Å². The first kappa shape index (κ1) is 12.0. The summed E-state index contributed by atoms with van der Waals surface area (Å²) in [6, 6.07) is 5.51. The molecule has 0 unspecified atom stereocenters. The number of halogens is 1. The third-order valence-corrected chi connectivity index (χ3v) is 2.51. The number of hydrogen-bond donors (Lipinski definition) is 1. The zero-order valence-electron chi connectivity index (χ0n) is 9.55. The maximum Gasteiger partial charge on any atom is 0.268 e. The topological polar surface area (TPSA) is 78.0 Å². The zero-order valence-corrected chi connectivity index (χ0v) is 9.55. The van der Waals surface area contributed by atoms with Crippen LogP contribution in [-0.2, 0) is 0 Å². The summed E-state index contributed by atoms with van der Waals surface area (Å²) in [5.74, 6) is -1.52. The van der Waals surface area contributed by atoms with Crippen molar-refractivity contribution in [3.05, 3.63) is 58.0 Å². The number of amides is 1. The molecule has 0 saturated carbocycles. The lowest BCUT2D eigenvalue weighted by Crippen LogP contribution is -2.29. The van der Waals surface area contributed by atoms with Crippen LogP contribution in [0.3, 0.4) is 0 Å². The average Bonchev–Trinajstić information content (AvgIpc) is 2.28. The number of carbonyl (C=O) groups is 1. The monoisotopic (exact) mass is 247 g/mol. The molecule has 5 nitrogen and oxygen atoms in total. The molecular weight excluding hydrogens is 237 g/mol. The summed E-state index contributed by atoms with van der Waals surface area (Å²) in [6.45, 7) is 1.67.